The van der Waals surface area contributed by atoms with Crippen LogP contribution in [0, 0.1) is 17.0 Å². The Morgan fingerprint density at radius 3 is 2.35 bits per heavy atom. The van der Waals surface area contributed by atoms with Gasteiger partial charge in [-0.2, -0.15) is 0 Å². The van der Waals surface area contributed by atoms with E-state index in [4.69, 9.17) is 0 Å². The van der Waals surface area contributed by atoms with Gasteiger partial charge < -0.3 is 0 Å². The average Bonchev–Trinajstić information content (AvgIpc) is 2.49. The lowest BCUT2D eigenvalue weighted by Gasteiger charge is -2.17. The molecular formula is C16H18N2O4S. The van der Waals surface area contributed by atoms with E-state index >= 15 is 0 Å². The molecule has 0 heterocycles. The van der Waals surface area contributed by atoms with Crippen molar-refractivity contribution in [2.45, 2.75) is 19.2 Å². The van der Waals surface area contributed by atoms with Gasteiger partial charge in [0, 0.05) is 25.7 Å². The van der Waals surface area contributed by atoms with Gasteiger partial charge in [-0.1, -0.05) is 42.0 Å². The van der Waals surface area contributed by atoms with E-state index in [-0.39, 0.29) is 18.0 Å². The Balaban J connectivity index is 2.13. The van der Waals surface area contributed by atoms with Gasteiger partial charge in [-0.3, -0.25) is 10.1 Å². The van der Waals surface area contributed by atoms with E-state index < -0.39 is 14.9 Å². The molecule has 0 N–H and O–H groups in total. The highest BCUT2D eigenvalue weighted by Crippen LogP contribution is 2.18. The first-order valence-electron chi connectivity index (χ1n) is 7.01. The first-order chi connectivity index (χ1) is 10.8. The third-order valence-electron chi connectivity index (χ3n) is 3.47. The van der Waals surface area contributed by atoms with E-state index in [1.54, 1.807) is 6.07 Å². The Hall–Kier alpha value is -2.25. The minimum absolute atomic E-state index is 0.112. The number of sulfonamides is 1. The normalized spacial score (nSPS) is 11.6. The van der Waals surface area contributed by atoms with Gasteiger partial charge in [0.1, 0.15) is 0 Å². The van der Waals surface area contributed by atoms with Crippen molar-refractivity contribution in [2.24, 2.45) is 0 Å². The number of hydrogen-bond acceptors (Lipinski definition) is 4. The van der Waals surface area contributed by atoms with Crippen molar-refractivity contribution in [3.05, 3.63) is 75.3 Å². The van der Waals surface area contributed by atoms with E-state index in [1.807, 2.05) is 31.2 Å². The highest BCUT2D eigenvalue weighted by molar-refractivity contribution is 7.88. The summed E-state index contributed by atoms with van der Waals surface area (Å²) in [7, 11) is -2.05. The number of nitrogens with zero attached hydrogens (tertiary/aromatic N) is 2. The summed E-state index contributed by atoms with van der Waals surface area (Å²) >= 11 is 0. The predicted octanol–water partition coefficient (Wildman–Crippen LogP) is 2.87. The van der Waals surface area contributed by atoms with Gasteiger partial charge >= 0.3 is 0 Å². The second-order valence-corrected chi connectivity index (χ2v) is 7.50. The van der Waals surface area contributed by atoms with Gasteiger partial charge in [0.25, 0.3) is 5.69 Å². The molecule has 7 heteroatoms. The second kappa shape index (κ2) is 6.89. The van der Waals surface area contributed by atoms with Gasteiger partial charge in [-0.15, -0.1) is 0 Å². The molecule has 0 bridgehead atoms. The molecule has 122 valence electrons. The molecule has 0 spiro atoms. The average molecular weight is 334 g/mol. The van der Waals surface area contributed by atoms with Gasteiger partial charge in [0.2, 0.25) is 10.0 Å². The molecule has 2 aromatic carbocycles. The van der Waals surface area contributed by atoms with Crippen LogP contribution >= 0.6 is 0 Å². The first-order valence-corrected chi connectivity index (χ1v) is 8.62. The zero-order valence-electron chi connectivity index (χ0n) is 13.0. The minimum atomic E-state index is -3.55. The van der Waals surface area contributed by atoms with E-state index in [9.17, 15) is 18.5 Å². The van der Waals surface area contributed by atoms with Crippen LogP contribution in [0.15, 0.2) is 48.5 Å². The van der Waals surface area contributed by atoms with Crippen LogP contribution in [0.25, 0.3) is 0 Å². The lowest BCUT2D eigenvalue weighted by Crippen LogP contribution is -2.27. The fourth-order valence-corrected chi connectivity index (χ4v) is 3.30. The summed E-state index contributed by atoms with van der Waals surface area (Å²) < 4.78 is 26.1. The smallest absolute Gasteiger partial charge is 0.258 e. The molecule has 0 unspecified atom stereocenters. The molecule has 0 atom stereocenters. The molecule has 23 heavy (non-hydrogen) atoms. The summed E-state index contributed by atoms with van der Waals surface area (Å²) in [6.45, 7) is 2.23. The predicted molar refractivity (Wildman–Crippen MR) is 88.4 cm³/mol. The van der Waals surface area contributed by atoms with Crippen molar-refractivity contribution in [3.63, 3.8) is 0 Å². The number of rotatable bonds is 6. The number of nitro groups is 1. The van der Waals surface area contributed by atoms with Crippen molar-refractivity contribution in [3.8, 4) is 0 Å². The first kappa shape index (κ1) is 17.1. The highest BCUT2D eigenvalue weighted by atomic mass is 32.2. The Bertz CT molecular complexity index is 801. The van der Waals surface area contributed by atoms with Crippen LogP contribution in [-0.2, 0) is 22.3 Å². The number of non-ortho nitro benzene ring substituents is 1. The molecule has 0 aromatic heterocycles. The summed E-state index contributed by atoms with van der Waals surface area (Å²) in [4.78, 5) is 10.2. The summed E-state index contributed by atoms with van der Waals surface area (Å²) in [5.41, 5.74) is 2.28. The van der Waals surface area contributed by atoms with E-state index in [0.717, 1.165) is 11.1 Å². The van der Waals surface area contributed by atoms with Crippen molar-refractivity contribution < 1.29 is 13.3 Å². The Labute approximate surface area is 135 Å². The van der Waals surface area contributed by atoms with Gasteiger partial charge in [0.15, 0.2) is 0 Å². The summed E-state index contributed by atoms with van der Waals surface area (Å²) in [5.74, 6) is -0.267. The van der Waals surface area contributed by atoms with Gasteiger partial charge in [-0.25, -0.2) is 12.7 Å². The zero-order valence-corrected chi connectivity index (χ0v) is 13.8. The van der Waals surface area contributed by atoms with Crippen LogP contribution in [0.5, 0.6) is 0 Å². The molecule has 0 aliphatic heterocycles. The number of aryl methyl sites for hydroxylation is 1. The topological polar surface area (TPSA) is 80.5 Å². The van der Waals surface area contributed by atoms with Crippen LogP contribution < -0.4 is 0 Å². The van der Waals surface area contributed by atoms with Gasteiger partial charge in [0.05, 0.1) is 10.7 Å². The molecule has 0 radical (unpaired) electrons. The van der Waals surface area contributed by atoms with E-state index in [1.165, 1.54) is 29.6 Å². The van der Waals surface area contributed by atoms with Crippen molar-refractivity contribution in [1.82, 2.24) is 4.31 Å². The zero-order chi connectivity index (χ0) is 17.0. The summed E-state index contributed by atoms with van der Waals surface area (Å²) in [5, 5.41) is 10.8. The van der Waals surface area contributed by atoms with E-state index in [2.05, 4.69) is 0 Å². The fraction of sp³-hybridized carbons (Fsp3) is 0.250. The molecule has 0 aliphatic carbocycles. The number of nitro benzene ring substituents is 1. The molecular weight excluding hydrogens is 316 g/mol. The van der Waals surface area contributed by atoms with Crippen molar-refractivity contribution >= 4 is 15.7 Å². The lowest BCUT2D eigenvalue weighted by atomic mass is 10.1. The largest absolute Gasteiger partial charge is 0.269 e. The third kappa shape index (κ3) is 4.61. The van der Waals surface area contributed by atoms with Crippen LogP contribution in [0.3, 0.4) is 0 Å². The minimum Gasteiger partial charge on any atom is -0.258 e. The van der Waals surface area contributed by atoms with Crippen LogP contribution in [-0.4, -0.2) is 24.7 Å². The summed E-state index contributed by atoms with van der Waals surface area (Å²) in [6.07, 6.45) is 0. The standard InChI is InChI=1S/C16H18N2O4S/c1-13-6-8-14(9-7-13)11-17(2)23(21,22)12-15-4-3-5-16(10-15)18(19)20/h3-10H,11-12H2,1-2H3. The Kier molecular flexibility index (Phi) is 5.12. The molecule has 0 saturated heterocycles. The maximum absolute atomic E-state index is 12.4. The van der Waals surface area contributed by atoms with Crippen molar-refractivity contribution in [1.29, 1.82) is 0 Å². The SMILES string of the molecule is Cc1ccc(CN(C)S(=O)(=O)Cc2cccc([N+](=O)[O-])c2)cc1. The second-order valence-electron chi connectivity index (χ2n) is 5.42. The Morgan fingerprint density at radius 2 is 1.74 bits per heavy atom. The number of benzene rings is 2. The molecule has 0 fully saturated rings. The molecule has 0 saturated carbocycles. The van der Waals surface area contributed by atoms with Crippen LogP contribution in [0.1, 0.15) is 16.7 Å². The van der Waals surface area contributed by atoms with Crippen LogP contribution in [0.4, 0.5) is 5.69 Å². The molecule has 6 nitrogen and oxygen atoms in total. The third-order valence-corrected chi connectivity index (χ3v) is 5.25. The van der Waals surface area contributed by atoms with Crippen LogP contribution in [0.2, 0.25) is 0 Å². The molecule has 2 aromatic rings. The molecule has 0 amide bonds. The Morgan fingerprint density at radius 1 is 1.09 bits per heavy atom. The maximum Gasteiger partial charge on any atom is 0.269 e. The van der Waals surface area contributed by atoms with E-state index in [0.29, 0.717) is 5.56 Å². The monoisotopic (exact) mass is 334 g/mol. The van der Waals surface area contributed by atoms with Crippen molar-refractivity contribution in [2.75, 3.05) is 7.05 Å². The van der Waals surface area contributed by atoms with Gasteiger partial charge in [-0.05, 0) is 18.1 Å². The quantitative estimate of drug-likeness (QED) is 0.601. The molecule has 2 rings (SSSR count). The number of hydrogen-bond donors (Lipinski definition) is 0. The fourth-order valence-electron chi connectivity index (χ4n) is 2.13. The summed E-state index contributed by atoms with van der Waals surface area (Å²) in [6, 6.07) is 13.3. The maximum atomic E-state index is 12.4. The molecule has 0 aliphatic rings. The lowest BCUT2D eigenvalue weighted by molar-refractivity contribution is -0.384. The highest BCUT2D eigenvalue weighted by Gasteiger charge is 2.20.